The summed E-state index contributed by atoms with van der Waals surface area (Å²) in [6, 6.07) is 20.1. The van der Waals surface area contributed by atoms with Crippen molar-refractivity contribution < 1.29 is 19.4 Å². The minimum atomic E-state index is -0.711. The fourth-order valence-corrected chi connectivity index (χ4v) is 6.50. The minimum absolute atomic E-state index is 0.0622. The van der Waals surface area contributed by atoms with Gasteiger partial charge in [0.2, 0.25) is 5.91 Å². The van der Waals surface area contributed by atoms with Crippen molar-refractivity contribution in [3.8, 4) is 22.3 Å². The number of pyridine rings is 1. The predicted molar refractivity (Wildman–Crippen MR) is 160 cm³/mol. The molecular weight excluding hydrogens is 516 g/mol. The van der Waals surface area contributed by atoms with E-state index in [2.05, 4.69) is 15.6 Å². The Morgan fingerprint density at radius 2 is 1.63 bits per heavy atom. The van der Waals surface area contributed by atoms with Gasteiger partial charge in [-0.15, -0.1) is 0 Å². The lowest BCUT2D eigenvalue weighted by Crippen LogP contribution is -2.58. The molecule has 2 fully saturated rings. The third-order valence-electron chi connectivity index (χ3n) is 8.69. The van der Waals surface area contributed by atoms with Crippen molar-refractivity contribution in [2.24, 2.45) is 11.7 Å². The van der Waals surface area contributed by atoms with E-state index < -0.39 is 17.2 Å². The van der Waals surface area contributed by atoms with Crippen LogP contribution in [0.3, 0.4) is 0 Å². The second-order valence-corrected chi connectivity index (χ2v) is 12.4. The number of amides is 2. The Hall–Kier alpha value is -3.75. The molecule has 5 rings (SSSR count). The number of rotatable bonds is 7. The average molecular weight is 557 g/mol. The van der Waals surface area contributed by atoms with Crippen LogP contribution < -0.4 is 16.4 Å². The monoisotopic (exact) mass is 556 g/mol. The van der Waals surface area contributed by atoms with Crippen LogP contribution in [-0.4, -0.2) is 40.3 Å². The molecule has 0 spiro atoms. The van der Waals surface area contributed by atoms with Gasteiger partial charge < -0.3 is 26.2 Å². The first kappa shape index (κ1) is 28.8. The second kappa shape index (κ2) is 11.3. The van der Waals surface area contributed by atoms with Crippen molar-refractivity contribution >= 4 is 17.8 Å². The highest BCUT2D eigenvalue weighted by Gasteiger charge is 2.49. The summed E-state index contributed by atoms with van der Waals surface area (Å²) in [5.74, 6) is 0.701. The van der Waals surface area contributed by atoms with E-state index in [9.17, 15) is 14.7 Å². The predicted octanol–water partition coefficient (Wildman–Crippen LogP) is 5.75. The van der Waals surface area contributed by atoms with Crippen molar-refractivity contribution in [3.63, 3.8) is 0 Å². The van der Waals surface area contributed by atoms with Crippen LogP contribution in [0.25, 0.3) is 22.3 Å². The zero-order valence-electron chi connectivity index (χ0n) is 24.1. The van der Waals surface area contributed by atoms with E-state index in [1.165, 1.54) is 7.11 Å². The summed E-state index contributed by atoms with van der Waals surface area (Å²) in [6.45, 7) is 3.84. The number of methoxy groups -OCH3 is 1. The number of benzene rings is 2. The third kappa shape index (κ3) is 6.60. The van der Waals surface area contributed by atoms with E-state index in [1.54, 1.807) is 0 Å². The van der Waals surface area contributed by atoms with E-state index >= 15 is 0 Å². The Bertz CT molecular complexity index is 1390. The summed E-state index contributed by atoms with van der Waals surface area (Å²) < 4.78 is 4.75. The summed E-state index contributed by atoms with van der Waals surface area (Å²) in [5, 5.41) is 16.1. The van der Waals surface area contributed by atoms with Crippen LogP contribution in [0, 0.1) is 5.92 Å². The van der Waals surface area contributed by atoms with Gasteiger partial charge >= 0.3 is 6.09 Å². The van der Waals surface area contributed by atoms with E-state index in [0.29, 0.717) is 25.1 Å². The van der Waals surface area contributed by atoms with Crippen molar-refractivity contribution in [1.29, 1.82) is 0 Å². The maximum absolute atomic E-state index is 13.0. The lowest BCUT2D eigenvalue weighted by atomic mass is 9.63. The maximum atomic E-state index is 13.0. The Kier molecular flexibility index (Phi) is 7.90. The molecule has 0 aliphatic heterocycles. The summed E-state index contributed by atoms with van der Waals surface area (Å²) >= 11 is 0. The number of carbonyl (C=O) groups excluding carboxylic acids is 2. The molecule has 0 unspecified atom stereocenters. The number of nitrogens with zero attached hydrogens (tertiary/aromatic N) is 1. The number of hydrogen-bond acceptors (Lipinski definition) is 6. The molecule has 2 aromatic carbocycles. The van der Waals surface area contributed by atoms with Gasteiger partial charge in [0.15, 0.2) is 0 Å². The quantitative estimate of drug-likeness (QED) is 0.294. The molecule has 5 N–H and O–H groups in total. The number of hydrogen-bond donors (Lipinski definition) is 4. The second-order valence-electron chi connectivity index (χ2n) is 12.4. The molecule has 1 aromatic heterocycles. The first-order valence-corrected chi connectivity index (χ1v) is 14.3. The summed E-state index contributed by atoms with van der Waals surface area (Å²) in [7, 11) is 1.37. The van der Waals surface area contributed by atoms with Gasteiger partial charge in [0, 0.05) is 29.3 Å². The lowest BCUT2D eigenvalue weighted by molar-refractivity contribution is -0.117. The van der Waals surface area contributed by atoms with Gasteiger partial charge in [-0.3, -0.25) is 4.79 Å². The largest absolute Gasteiger partial charge is 0.453 e. The van der Waals surface area contributed by atoms with Crippen LogP contribution in [0.2, 0.25) is 0 Å². The molecule has 8 heteroatoms. The van der Waals surface area contributed by atoms with E-state index in [1.807, 2.05) is 80.7 Å². The molecule has 41 heavy (non-hydrogen) atoms. The van der Waals surface area contributed by atoms with Gasteiger partial charge in [-0.25, -0.2) is 9.78 Å². The molecule has 8 nitrogen and oxygen atoms in total. The number of anilines is 1. The first-order chi connectivity index (χ1) is 19.5. The van der Waals surface area contributed by atoms with Gasteiger partial charge in [0.1, 0.15) is 5.82 Å². The van der Waals surface area contributed by atoms with E-state index in [4.69, 9.17) is 10.5 Å². The Morgan fingerprint density at radius 1 is 1.00 bits per heavy atom. The molecule has 0 atom stereocenters. The third-order valence-corrected chi connectivity index (χ3v) is 8.69. The molecule has 0 saturated heterocycles. The van der Waals surface area contributed by atoms with Crippen LogP contribution in [-0.2, 0) is 15.1 Å². The molecule has 2 aliphatic rings. The molecule has 0 bridgehead atoms. The van der Waals surface area contributed by atoms with Crippen molar-refractivity contribution in [3.05, 3.63) is 72.4 Å². The number of carbonyl (C=O) groups is 2. The number of aromatic nitrogens is 1. The van der Waals surface area contributed by atoms with Crippen LogP contribution in [0.1, 0.15) is 64.4 Å². The van der Waals surface area contributed by atoms with Crippen molar-refractivity contribution in [2.45, 2.75) is 75.5 Å². The van der Waals surface area contributed by atoms with E-state index in [-0.39, 0.29) is 17.4 Å². The van der Waals surface area contributed by atoms with Crippen LogP contribution in [0.15, 0.2) is 66.9 Å². The van der Waals surface area contributed by atoms with Crippen LogP contribution in [0.4, 0.5) is 10.6 Å². The summed E-state index contributed by atoms with van der Waals surface area (Å²) in [6.07, 6.45) is 6.18. The SMILES string of the molecule is COC(=O)NC1(C)CCC(CC(=O)Nc2cc(-c3ccccc3)c(-c3ccc(C4(N)CC(C)(O)C4)cc3)cn2)CC1. The number of aliphatic hydroxyl groups is 1. The molecule has 2 saturated carbocycles. The smallest absolute Gasteiger partial charge is 0.407 e. The fraction of sp³-hybridized carbons (Fsp3) is 0.424. The highest BCUT2D eigenvalue weighted by Crippen LogP contribution is 2.46. The summed E-state index contributed by atoms with van der Waals surface area (Å²) in [4.78, 5) is 29.3. The molecule has 1 heterocycles. The molecule has 3 aromatic rings. The molecule has 2 aliphatic carbocycles. The van der Waals surface area contributed by atoms with Gasteiger partial charge in [-0.2, -0.15) is 0 Å². The normalized spacial score (nSPS) is 27.4. The molecule has 0 radical (unpaired) electrons. The highest BCUT2D eigenvalue weighted by atomic mass is 16.5. The van der Waals surface area contributed by atoms with Gasteiger partial charge in [-0.05, 0) is 86.6 Å². The topological polar surface area (TPSA) is 127 Å². The minimum Gasteiger partial charge on any atom is -0.453 e. The number of nitrogens with one attached hydrogen (secondary N) is 2. The fourth-order valence-electron chi connectivity index (χ4n) is 6.50. The van der Waals surface area contributed by atoms with E-state index in [0.717, 1.165) is 53.5 Å². The standard InChI is InChI=1S/C33H40N4O4/c1-31(37-30(39)41-3)15-13-22(14-16-31)17-29(38)36-28-18-26(23-7-5-4-6-8-23)27(19-35-28)24-9-11-25(12-10-24)33(34)20-32(2,40)21-33/h4-12,18-19,22,40H,13-17,20-21,34H2,1-3H3,(H,37,39)(H,35,36,38). The van der Waals surface area contributed by atoms with Crippen molar-refractivity contribution in [1.82, 2.24) is 10.3 Å². The Balaban J connectivity index is 1.29. The van der Waals surface area contributed by atoms with Crippen molar-refractivity contribution in [2.75, 3.05) is 12.4 Å². The molecule has 216 valence electrons. The van der Waals surface area contributed by atoms with Gasteiger partial charge in [-0.1, -0.05) is 54.6 Å². The average Bonchev–Trinajstić information content (AvgIpc) is 2.94. The molecular formula is C33H40N4O4. The van der Waals surface area contributed by atoms with Gasteiger partial charge in [0.25, 0.3) is 0 Å². The maximum Gasteiger partial charge on any atom is 0.407 e. The molecule has 2 amide bonds. The zero-order valence-corrected chi connectivity index (χ0v) is 24.1. The van der Waals surface area contributed by atoms with Crippen LogP contribution >= 0.6 is 0 Å². The lowest BCUT2D eigenvalue weighted by Gasteiger charge is -2.49. The number of alkyl carbamates (subject to hydrolysis) is 1. The zero-order chi connectivity index (χ0) is 29.3. The number of nitrogens with two attached hydrogens (primary N) is 1. The Labute approximate surface area is 241 Å². The van der Waals surface area contributed by atoms with Crippen LogP contribution in [0.5, 0.6) is 0 Å². The Morgan fingerprint density at radius 3 is 2.24 bits per heavy atom. The van der Waals surface area contributed by atoms with Gasteiger partial charge in [0.05, 0.1) is 12.7 Å². The first-order valence-electron chi connectivity index (χ1n) is 14.3. The summed E-state index contributed by atoms with van der Waals surface area (Å²) in [5.41, 5.74) is 9.99. The highest BCUT2D eigenvalue weighted by molar-refractivity contribution is 5.92. The number of ether oxygens (including phenoxy) is 1.